The zero-order valence-corrected chi connectivity index (χ0v) is 12.8. The van der Waals surface area contributed by atoms with Crippen molar-refractivity contribution < 1.29 is 4.74 Å². The summed E-state index contributed by atoms with van der Waals surface area (Å²) in [4.78, 5) is 9.04. The Labute approximate surface area is 121 Å². The first-order chi connectivity index (χ1) is 9.15. The van der Waals surface area contributed by atoms with Crippen LogP contribution in [0.3, 0.4) is 0 Å². The Morgan fingerprint density at radius 1 is 1.21 bits per heavy atom. The number of nitrogens with one attached hydrogen (secondary N) is 1. The molecule has 0 atom stereocenters. The Morgan fingerprint density at radius 2 is 1.89 bits per heavy atom. The van der Waals surface area contributed by atoms with Crippen LogP contribution in [0.15, 0.2) is 28.7 Å². The van der Waals surface area contributed by atoms with Gasteiger partial charge in [-0.3, -0.25) is 0 Å². The highest BCUT2D eigenvalue weighted by molar-refractivity contribution is 9.10. The van der Waals surface area contributed by atoms with Gasteiger partial charge in [-0.05, 0) is 54.0 Å². The number of aromatic nitrogens is 2. The topological polar surface area (TPSA) is 47.0 Å². The number of anilines is 1. The lowest BCUT2D eigenvalue weighted by molar-refractivity contribution is 0.415. The minimum Gasteiger partial charge on any atom is -0.497 e. The van der Waals surface area contributed by atoms with Gasteiger partial charge in [0, 0.05) is 12.1 Å². The lowest BCUT2D eigenvalue weighted by Gasteiger charge is -2.10. The molecule has 1 N–H and O–H groups in total. The Hall–Kier alpha value is -1.62. The number of benzene rings is 1. The normalized spacial score (nSPS) is 10.3. The molecule has 4 nitrogen and oxygen atoms in total. The predicted octanol–water partition coefficient (Wildman–Crippen LogP) is 3.65. The molecule has 1 aromatic carbocycles. The third-order valence-corrected chi connectivity index (χ3v) is 3.66. The van der Waals surface area contributed by atoms with Crippen LogP contribution in [0.1, 0.15) is 12.6 Å². The maximum absolute atomic E-state index is 5.15. The lowest BCUT2D eigenvalue weighted by atomic mass is 10.2. The summed E-state index contributed by atoms with van der Waals surface area (Å²) in [5.74, 6) is 2.35. The van der Waals surface area contributed by atoms with Crippen molar-refractivity contribution in [2.45, 2.75) is 13.8 Å². The third-order valence-electron chi connectivity index (χ3n) is 2.71. The molecule has 19 heavy (non-hydrogen) atoms. The Morgan fingerprint density at radius 3 is 2.47 bits per heavy atom. The van der Waals surface area contributed by atoms with Gasteiger partial charge in [0.25, 0.3) is 0 Å². The number of hydrogen-bond donors (Lipinski definition) is 1. The number of halogens is 1. The van der Waals surface area contributed by atoms with Crippen LogP contribution in [0.4, 0.5) is 5.82 Å². The van der Waals surface area contributed by atoms with Crippen molar-refractivity contribution in [3.63, 3.8) is 0 Å². The largest absolute Gasteiger partial charge is 0.497 e. The summed E-state index contributed by atoms with van der Waals surface area (Å²) >= 11 is 3.50. The van der Waals surface area contributed by atoms with E-state index in [4.69, 9.17) is 4.74 Å². The molecule has 0 aliphatic heterocycles. The maximum Gasteiger partial charge on any atom is 0.161 e. The molecular formula is C14H16BrN3O. The second-order valence-electron chi connectivity index (χ2n) is 4.05. The van der Waals surface area contributed by atoms with E-state index < -0.39 is 0 Å². The number of ether oxygens (including phenoxy) is 1. The highest BCUT2D eigenvalue weighted by Crippen LogP contribution is 2.27. The summed E-state index contributed by atoms with van der Waals surface area (Å²) in [7, 11) is 1.65. The van der Waals surface area contributed by atoms with Crippen LogP contribution in [0.2, 0.25) is 0 Å². The van der Waals surface area contributed by atoms with E-state index >= 15 is 0 Å². The monoisotopic (exact) mass is 321 g/mol. The summed E-state index contributed by atoms with van der Waals surface area (Å²) in [6.07, 6.45) is 0. The van der Waals surface area contributed by atoms with E-state index in [2.05, 4.69) is 31.2 Å². The highest BCUT2D eigenvalue weighted by Gasteiger charge is 2.10. The molecule has 2 rings (SSSR count). The standard InChI is InChI=1S/C14H16BrN3O/c1-4-16-14-12(15)9(2)17-13(18-14)10-5-7-11(19-3)8-6-10/h5-8H,4H2,1-3H3,(H,16,17,18). The van der Waals surface area contributed by atoms with Gasteiger partial charge in [-0.15, -0.1) is 0 Å². The quantitative estimate of drug-likeness (QED) is 0.933. The highest BCUT2D eigenvalue weighted by atomic mass is 79.9. The summed E-state index contributed by atoms with van der Waals surface area (Å²) in [6.45, 7) is 4.81. The molecule has 0 fully saturated rings. The molecule has 0 saturated heterocycles. The van der Waals surface area contributed by atoms with E-state index in [1.54, 1.807) is 7.11 Å². The molecule has 0 radical (unpaired) electrons. The van der Waals surface area contributed by atoms with Crippen molar-refractivity contribution in [2.75, 3.05) is 19.0 Å². The molecule has 100 valence electrons. The van der Waals surface area contributed by atoms with E-state index in [0.29, 0.717) is 5.82 Å². The van der Waals surface area contributed by atoms with E-state index in [9.17, 15) is 0 Å². The molecule has 0 bridgehead atoms. The number of nitrogens with zero attached hydrogens (tertiary/aromatic N) is 2. The van der Waals surface area contributed by atoms with Crippen molar-refractivity contribution in [3.05, 3.63) is 34.4 Å². The summed E-state index contributed by atoms with van der Waals surface area (Å²) in [6, 6.07) is 7.72. The van der Waals surface area contributed by atoms with Gasteiger partial charge >= 0.3 is 0 Å². The first-order valence-corrected chi connectivity index (χ1v) is 6.87. The van der Waals surface area contributed by atoms with Gasteiger partial charge in [0.1, 0.15) is 11.6 Å². The molecule has 0 unspecified atom stereocenters. The van der Waals surface area contributed by atoms with Crippen LogP contribution >= 0.6 is 15.9 Å². The second kappa shape index (κ2) is 6.02. The fourth-order valence-corrected chi connectivity index (χ4v) is 2.03. The van der Waals surface area contributed by atoms with Crippen molar-refractivity contribution >= 4 is 21.7 Å². The van der Waals surface area contributed by atoms with Crippen molar-refractivity contribution in [1.29, 1.82) is 0 Å². The van der Waals surface area contributed by atoms with E-state index in [1.165, 1.54) is 0 Å². The Bertz CT molecular complexity index is 570. The molecule has 0 saturated carbocycles. The second-order valence-corrected chi connectivity index (χ2v) is 4.85. The molecule has 0 aliphatic carbocycles. The minimum absolute atomic E-state index is 0.708. The molecule has 2 aromatic rings. The smallest absolute Gasteiger partial charge is 0.161 e. The molecule has 0 amide bonds. The van der Waals surface area contributed by atoms with Gasteiger partial charge in [-0.1, -0.05) is 0 Å². The summed E-state index contributed by atoms with van der Waals surface area (Å²) < 4.78 is 6.06. The van der Waals surface area contributed by atoms with Crippen LogP contribution in [0.25, 0.3) is 11.4 Å². The van der Waals surface area contributed by atoms with E-state index in [1.807, 2.05) is 38.1 Å². The Kier molecular flexibility index (Phi) is 4.37. The summed E-state index contributed by atoms with van der Waals surface area (Å²) in [5, 5.41) is 3.23. The maximum atomic E-state index is 5.15. The average Bonchev–Trinajstić information content (AvgIpc) is 2.44. The lowest BCUT2D eigenvalue weighted by Crippen LogP contribution is -2.04. The van der Waals surface area contributed by atoms with Gasteiger partial charge < -0.3 is 10.1 Å². The van der Waals surface area contributed by atoms with Crippen LogP contribution < -0.4 is 10.1 Å². The number of methoxy groups -OCH3 is 1. The number of rotatable bonds is 4. The van der Waals surface area contributed by atoms with E-state index in [-0.39, 0.29) is 0 Å². The van der Waals surface area contributed by atoms with Gasteiger partial charge in [0.05, 0.1) is 17.3 Å². The number of hydrogen-bond acceptors (Lipinski definition) is 4. The van der Waals surface area contributed by atoms with Crippen LogP contribution in [0.5, 0.6) is 5.75 Å². The zero-order chi connectivity index (χ0) is 13.8. The van der Waals surface area contributed by atoms with Crippen molar-refractivity contribution in [1.82, 2.24) is 9.97 Å². The average molecular weight is 322 g/mol. The Balaban J connectivity index is 2.43. The van der Waals surface area contributed by atoms with Crippen LogP contribution in [0, 0.1) is 6.92 Å². The van der Waals surface area contributed by atoms with Crippen LogP contribution in [-0.4, -0.2) is 23.6 Å². The third kappa shape index (κ3) is 3.04. The summed E-state index contributed by atoms with van der Waals surface area (Å²) in [5.41, 5.74) is 1.88. The van der Waals surface area contributed by atoms with Gasteiger partial charge in [0.15, 0.2) is 5.82 Å². The van der Waals surface area contributed by atoms with Crippen LogP contribution in [-0.2, 0) is 0 Å². The first kappa shape index (κ1) is 13.8. The van der Waals surface area contributed by atoms with Crippen molar-refractivity contribution in [3.8, 4) is 17.1 Å². The van der Waals surface area contributed by atoms with Gasteiger partial charge in [-0.2, -0.15) is 0 Å². The fourth-order valence-electron chi connectivity index (χ4n) is 1.71. The molecule has 0 aliphatic rings. The van der Waals surface area contributed by atoms with E-state index in [0.717, 1.165) is 33.8 Å². The molecule has 5 heteroatoms. The molecule has 1 heterocycles. The van der Waals surface area contributed by atoms with Crippen molar-refractivity contribution in [2.24, 2.45) is 0 Å². The minimum atomic E-state index is 0.708. The van der Waals surface area contributed by atoms with Gasteiger partial charge in [-0.25, -0.2) is 9.97 Å². The predicted molar refractivity (Wildman–Crippen MR) is 80.6 cm³/mol. The number of aryl methyl sites for hydroxylation is 1. The molecule has 1 aromatic heterocycles. The fraction of sp³-hybridized carbons (Fsp3) is 0.286. The zero-order valence-electron chi connectivity index (χ0n) is 11.2. The molecule has 0 spiro atoms. The van der Waals surface area contributed by atoms with Gasteiger partial charge in [0.2, 0.25) is 0 Å². The SMILES string of the molecule is CCNc1nc(-c2ccc(OC)cc2)nc(C)c1Br. The molecular weight excluding hydrogens is 306 g/mol. The first-order valence-electron chi connectivity index (χ1n) is 6.08.